The molecule has 1 saturated heterocycles. The first kappa shape index (κ1) is 16.8. The molecule has 1 amide bonds. The Labute approximate surface area is 136 Å². The van der Waals surface area contributed by atoms with Crippen molar-refractivity contribution in [2.24, 2.45) is 5.41 Å². The third-order valence-electron chi connectivity index (χ3n) is 4.26. The lowest BCUT2D eigenvalue weighted by Crippen LogP contribution is -2.53. The Morgan fingerprint density at radius 1 is 1.41 bits per heavy atom. The van der Waals surface area contributed by atoms with Crippen LogP contribution in [0.25, 0.3) is 11.0 Å². The number of anilines is 1. The van der Waals surface area contributed by atoms with Crippen molar-refractivity contribution >= 4 is 35.0 Å². The van der Waals surface area contributed by atoms with Crippen LogP contribution in [0, 0.1) is 12.3 Å². The van der Waals surface area contributed by atoms with Crippen molar-refractivity contribution in [2.45, 2.75) is 39.7 Å². The van der Waals surface area contributed by atoms with Gasteiger partial charge in [-0.15, -0.1) is 12.4 Å². The molecule has 1 fully saturated rings. The number of rotatable bonds is 2. The van der Waals surface area contributed by atoms with Gasteiger partial charge in [-0.2, -0.15) is 0 Å². The van der Waals surface area contributed by atoms with E-state index in [-0.39, 0.29) is 29.8 Å². The highest BCUT2D eigenvalue weighted by molar-refractivity contribution is 5.97. The highest BCUT2D eigenvalue weighted by atomic mass is 35.5. The van der Waals surface area contributed by atoms with Crippen molar-refractivity contribution in [1.82, 2.24) is 15.3 Å². The molecule has 1 aromatic carbocycles. The zero-order chi connectivity index (χ0) is 15.0. The minimum Gasteiger partial charge on any atom is -0.342 e. The molecule has 120 valence electrons. The van der Waals surface area contributed by atoms with E-state index in [1.807, 2.05) is 25.1 Å². The fourth-order valence-electron chi connectivity index (χ4n) is 3.09. The average molecular weight is 323 g/mol. The van der Waals surface area contributed by atoms with E-state index in [9.17, 15) is 4.79 Å². The van der Waals surface area contributed by atoms with Crippen molar-refractivity contribution in [3.8, 4) is 0 Å². The van der Waals surface area contributed by atoms with E-state index >= 15 is 0 Å². The van der Waals surface area contributed by atoms with Gasteiger partial charge in [0.2, 0.25) is 5.91 Å². The SMILES string of the molecule is Cc1nc2ccc(NC(=O)C3NCCCC3(C)C)cc2[nH]1.Cl. The number of amides is 1. The molecule has 0 bridgehead atoms. The second-order valence-electron chi connectivity index (χ2n) is 6.52. The number of piperidine rings is 1. The Morgan fingerprint density at radius 2 is 2.18 bits per heavy atom. The molecule has 6 heteroatoms. The van der Waals surface area contributed by atoms with E-state index in [0.717, 1.165) is 41.9 Å². The van der Waals surface area contributed by atoms with Gasteiger partial charge in [-0.05, 0) is 49.9 Å². The van der Waals surface area contributed by atoms with Gasteiger partial charge in [0.05, 0.1) is 17.1 Å². The summed E-state index contributed by atoms with van der Waals surface area (Å²) in [7, 11) is 0. The van der Waals surface area contributed by atoms with Gasteiger partial charge in [0.25, 0.3) is 0 Å². The zero-order valence-electron chi connectivity index (χ0n) is 13.2. The molecule has 0 saturated carbocycles. The standard InChI is InChI=1S/C16H22N4O.ClH/c1-10-18-12-6-5-11(9-13(12)19-10)20-15(21)14-16(2,3)7-4-8-17-14;/h5-6,9,14,17H,4,7-8H2,1-3H3,(H,18,19)(H,20,21);1H. The quantitative estimate of drug-likeness (QED) is 0.796. The maximum absolute atomic E-state index is 12.5. The minimum absolute atomic E-state index is 0. The van der Waals surface area contributed by atoms with Gasteiger partial charge in [-0.1, -0.05) is 13.8 Å². The monoisotopic (exact) mass is 322 g/mol. The number of carbonyl (C=O) groups excluding carboxylic acids is 1. The van der Waals surface area contributed by atoms with Crippen molar-refractivity contribution < 1.29 is 4.79 Å². The molecule has 2 aromatic rings. The molecule has 0 spiro atoms. The number of halogens is 1. The summed E-state index contributed by atoms with van der Waals surface area (Å²) in [6.07, 6.45) is 2.19. The molecule has 1 unspecified atom stereocenters. The summed E-state index contributed by atoms with van der Waals surface area (Å²) in [6.45, 7) is 7.11. The molecule has 1 aliphatic rings. The molecule has 2 heterocycles. The third-order valence-corrected chi connectivity index (χ3v) is 4.26. The number of H-pyrrole nitrogens is 1. The molecule has 1 atom stereocenters. The van der Waals surface area contributed by atoms with E-state index < -0.39 is 0 Å². The number of aryl methyl sites for hydroxylation is 1. The van der Waals surface area contributed by atoms with Gasteiger partial charge in [0.15, 0.2) is 0 Å². The Morgan fingerprint density at radius 3 is 2.91 bits per heavy atom. The number of aromatic amines is 1. The normalized spacial score (nSPS) is 20.4. The van der Waals surface area contributed by atoms with Crippen molar-refractivity contribution in [1.29, 1.82) is 0 Å². The highest BCUT2D eigenvalue weighted by Gasteiger charge is 2.37. The number of imidazole rings is 1. The lowest BCUT2D eigenvalue weighted by Gasteiger charge is -2.38. The fraction of sp³-hybridized carbons (Fsp3) is 0.500. The van der Waals surface area contributed by atoms with Gasteiger partial charge in [-0.25, -0.2) is 4.98 Å². The maximum atomic E-state index is 12.5. The number of aromatic nitrogens is 2. The van der Waals surface area contributed by atoms with E-state index in [0.29, 0.717) is 0 Å². The number of nitrogens with zero attached hydrogens (tertiary/aromatic N) is 1. The first-order valence-corrected chi connectivity index (χ1v) is 7.46. The zero-order valence-corrected chi connectivity index (χ0v) is 14.0. The smallest absolute Gasteiger partial charge is 0.242 e. The molecular weight excluding hydrogens is 300 g/mol. The van der Waals surface area contributed by atoms with Crippen LogP contribution in [-0.4, -0.2) is 28.5 Å². The summed E-state index contributed by atoms with van der Waals surface area (Å²) in [5.41, 5.74) is 2.65. The Hall–Kier alpha value is -1.59. The van der Waals surface area contributed by atoms with Crippen LogP contribution in [0.4, 0.5) is 5.69 Å². The summed E-state index contributed by atoms with van der Waals surface area (Å²) >= 11 is 0. The second-order valence-corrected chi connectivity index (χ2v) is 6.52. The van der Waals surface area contributed by atoms with Crippen molar-refractivity contribution in [3.05, 3.63) is 24.0 Å². The summed E-state index contributed by atoms with van der Waals surface area (Å²) in [5, 5.41) is 6.36. The first-order chi connectivity index (χ1) is 9.95. The number of benzene rings is 1. The Bertz CT molecular complexity index is 680. The van der Waals surface area contributed by atoms with Gasteiger partial charge >= 0.3 is 0 Å². The average Bonchev–Trinajstić information content (AvgIpc) is 2.77. The minimum atomic E-state index is -0.148. The molecule has 0 aliphatic carbocycles. The van der Waals surface area contributed by atoms with E-state index in [1.54, 1.807) is 0 Å². The maximum Gasteiger partial charge on any atom is 0.242 e. The lowest BCUT2D eigenvalue weighted by molar-refractivity contribution is -0.121. The summed E-state index contributed by atoms with van der Waals surface area (Å²) < 4.78 is 0. The number of carbonyl (C=O) groups is 1. The van der Waals surface area contributed by atoms with Gasteiger partial charge in [0, 0.05) is 5.69 Å². The van der Waals surface area contributed by atoms with Crippen molar-refractivity contribution in [3.63, 3.8) is 0 Å². The predicted octanol–water partition coefficient (Wildman–Crippen LogP) is 3.01. The summed E-state index contributed by atoms with van der Waals surface area (Å²) in [4.78, 5) is 20.1. The molecule has 1 aromatic heterocycles. The highest BCUT2D eigenvalue weighted by Crippen LogP contribution is 2.31. The van der Waals surface area contributed by atoms with Gasteiger partial charge < -0.3 is 15.6 Å². The molecule has 22 heavy (non-hydrogen) atoms. The molecule has 1 aliphatic heterocycles. The molecule has 5 nitrogen and oxygen atoms in total. The van der Waals surface area contributed by atoms with Crippen LogP contribution in [0.3, 0.4) is 0 Å². The van der Waals surface area contributed by atoms with Crippen LogP contribution in [0.15, 0.2) is 18.2 Å². The van der Waals surface area contributed by atoms with Crippen LogP contribution >= 0.6 is 12.4 Å². The van der Waals surface area contributed by atoms with Crippen LogP contribution in [0.5, 0.6) is 0 Å². The largest absolute Gasteiger partial charge is 0.342 e. The Kier molecular flexibility index (Phi) is 4.78. The van der Waals surface area contributed by atoms with Crippen LogP contribution < -0.4 is 10.6 Å². The topological polar surface area (TPSA) is 69.8 Å². The number of fused-ring (bicyclic) bond motifs is 1. The van der Waals surface area contributed by atoms with Gasteiger partial charge in [0.1, 0.15) is 5.82 Å². The van der Waals surface area contributed by atoms with Crippen LogP contribution in [-0.2, 0) is 4.79 Å². The van der Waals surface area contributed by atoms with E-state index in [4.69, 9.17) is 0 Å². The molecule has 3 rings (SSSR count). The first-order valence-electron chi connectivity index (χ1n) is 7.46. The number of hydrogen-bond donors (Lipinski definition) is 3. The van der Waals surface area contributed by atoms with Crippen LogP contribution in [0.1, 0.15) is 32.5 Å². The van der Waals surface area contributed by atoms with Gasteiger partial charge in [-0.3, -0.25) is 4.79 Å². The molecule has 0 radical (unpaired) electrons. The van der Waals surface area contributed by atoms with Crippen LogP contribution in [0.2, 0.25) is 0 Å². The summed E-state index contributed by atoms with van der Waals surface area (Å²) in [6, 6.07) is 5.61. The Balaban J connectivity index is 0.00000176. The molecular formula is C16H23ClN4O. The third kappa shape index (κ3) is 3.25. The fourth-order valence-corrected chi connectivity index (χ4v) is 3.09. The summed E-state index contributed by atoms with van der Waals surface area (Å²) in [5.74, 6) is 0.916. The second kappa shape index (κ2) is 6.26. The number of nitrogens with one attached hydrogen (secondary N) is 3. The van der Waals surface area contributed by atoms with E-state index in [1.165, 1.54) is 0 Å². The predicted molar refractivity (Wildman–Crippen MR) is 91.5 cm³/mol. The molecule has 3 N–H and O–H groups in total. The van der Waals surface area contributed by atoms with Crippen molar-refractivity contribution in [2.75, 3.05) is 11.9 Å². The van der Waals surface area contributed by atoms with E-state index in [2.05, 4.69) is 34.4 Å². The lowest BCUT2D eigenvalue weighted by atomic mass is 9.77. The number of hydrogen-bond acceptors (Lipinski definition) is 3.